The van der Waals surface area contributed by atoms with Crippen LogP contribution in [0.1, 0.15) is 58.4 Å². The van der Waals surface area contributed by atoms with Crippen LogP contribution in [-0.4, -0.2) is 70.1 Å². The Balaban J connectivity index is 0.000000264. The third kappa shape index (κ3) is 11.0. The van der Waals surface area contributed by atoms with Gasteiger partial charge < -0.3 is 9.64 Å². The van der Waals surface area contributed by atoms with E-state index < -0.39 is 9.84 Å². The van der Waals surface area contributed by atoms with Crippen LogP contribution in [-0.2, 0) is 21.2 Å². The number of sulfone groups is 1. The van der Waals surface area contributed by atoms with E-state index >= 15 is 0 Å². The van der Waals surface area contributed by atoms with Gasteiger partial charge in [0.2, 0.25) is 0 Å². The standard InChI is InChI=1S/C16H27N.C14H19NO4S/c1-4-15(12-13-17(3)5-2)14-16-10-8-6-7-9-11-16;1-11(16)5-6-15-7-8-20(17,18)14-4-3-13(19-2)9-12(14)10-15/h6,8-11,15H,4-5,7,12-14H2,1-3H3;3-4,9H,5-8,10H2,1-2H3. The first kappa shape index (κ1) is 31.0. The Bertz CT molecular complexity index is 1060. The van der Waals surface area contributed by atoms with Gasteiger partial charge in [-0.3, -0.25) is 9.69 Å². The van der Waals surface area contributed by atoms with E-state index in [-0.39, 0.29) is 11.5 Å². The molecular formula is C30H46N2O4S. The summed E-state index contributed by atoms with van der Waals surface area (Å²) in [5, 5.41) is 0. The van der Waals surface area contributed by atoms with Crippen LogP contribution >= 0.6 is 0 Å². The lowest BCUT2D eigenvalue weighted by Crippen LogP contribution is -2.28. The van der Waals surface area contributed by atoms with Crippen LogP contribution in [0.25, 0.3) is 0 Å². The monoisotopic (exact) mass is 530 g/mol. The lowest BCUT2D eigenvalue weighted by molar-refractivity contribution is -0.117. The molecule has 0 aromatic heterocycles. The number of ketones is 1. The predicted octanol–water partition coefficient (Wildman–Crippen LogP) is 5.45. The van der Waals surface area contributed by atoms with E-state index in [9.17, 15) is 13.2 Å². The molecule has 1 heterocycles. The Hall–Kier alpha value is -2.22. The van der Waals surface area contributed by atoms with Gasteiger partial charge in [-0.1, -0.05) is 50.6 Å². The summed E-state index contributed by atoms with van der Waals surface area (Å²) in [7, 11) is 0.507. The number of hydrogen-bond donors (Lipinski definition) is 0. The summed E-state index contributed by atoms with van der Waals surface area (Å²) < 4.78 is 29.6. The molecule has 206 valence electrons. The minimum Gasteiger partial charge on any atom is -0.497 e. The SMILES string of the molecule is CCC(CCN(C)CC)CC1=CC=CCC=C1.COc1ccc2c(c1)CN(CCC(C)=O)CCS2(=O)=O. The van der Waals surface area contributed by atoms with E-state index in [1.807, 2.05) is 4.90 Å². The highest BCUT2D eigenvalue weighted by molar-refractivity contribution is 7.91. The van der Waals surface area contributed by atoms with Crippen molar-refractivity contribution >= 4 is 15.6 Å². The maximum Gasteiger partial charge on any atom is 0.179 e. The molecule has 1 aliphatic carbocycles. The van der Waals surface area contributed by atoms with Crippen molar-refractivity contribution in [3.63, 3.8) is 0 Å². The van der Waals surface area contributed by atoms with Crippen molar-refractivity contribution in [1.29, 1.82) is 0 Å². The molecule has 1 aromatic carbocycles. The largest absolute Gasteiger partial charge is 0.497 e. The van der Waals surface area contributed by atoms with Gasteiger partial charge in [-0.25, -0.2) is 8.42 Å². The average molecular weight is 531 g/mol. The normalized spacial score (nSPS) is 17.6. The minimum atomic E-state index is -3.26. The molecule has 0 amide bonds. The van der Waals surface area contributed by atoms with E-state index in [0.29, 0.717) is 36.7 Å². The summed E-state index contributed by atoms with van der Waals surface area (Å²) in [4.78, 5) is 15.9. The number of hydrogen-bond acceptors (Lipinski definition) is 6. The molecule has 0 saturated carbocycles. The van der Waals surface area contributed by atoms with Crippen LogP contribution < -0.4 is 4.74 Å². The van der Waals surface area contributed by atoms with E-state index in [0.717, 1.165) is 24.4 Å². The highest BCUT2D eigenvalue weighted by Crippen LogP contribution is 2.27. The molecule has 2 aliphatic rings. The zero-order valence-corrected chi connectivity index (χ0v) is 24.2. The lowest BCUT2D eigenvalue weighted by atomic mass is 9.93. The Kier molecular flexibility index (Phi) is 13.3. The Morgan fingerprint density at radius 3 is 2.68 bits per heavy atom. The van der Waals surface area contributed by atoms with Gasteiger partial charge in [0.1, 0.15) is 11.5 Å². The topological polar surface area (TPSA) is 66.9 Å². The van der Waals surface area contributed by atoms with Gasteiger partial charge in [-0.2, -0.15) is 0 Å². The van der Waals surface area contributed by atoms with Crippen LogP contribution in [0.2, 0.25) is 0 Å². The van der Waals surface area contributed by atoms with Gasteiger partial charge >= 0.3 is 0 Å². The fraction of sp³-hybridized carbons (Fsp3) is 0.567. The molecule has 1 aromatic rings. The van der Waals surface area contributed by atoms with Gasteiger partial charge in [-0.15, -0.1) is 0 Å². The summed E-state index contributed by atoms with van der Waals surface area (Å²) in [6.45, 7) is 10.0. The van der Waals surface area contributed by atoms with Gasteiger partial charge in [-0.05, 0) is 81.6 Å². The number of carbonyl (C=O) groups is 1. The number of rotatable bonds is 11. The quantitative estimate of drug-likeness (QED) is 0.379. The summed E-state index contributed by atoms with van der Waals surface area (Å²) in [5.41, 5.74) is 2.23. The molecule has 3 rings (SSSR count). The summed E-state index contributed by atoms with van der Waals surface area (Å²) in [6, 6.07) is 5.04. The zero-order chi connectivity index (χ0) is 27.3. The highest BCUT2D eigenvalue weighted by atomic mass is 32.2. The van der Waals surface area contributed by atoms with Crippen molar-refractivity contribution in [2.24, 2.45) is 5.92 Å². The summed E-state index contributed by atoms with van der Waals surface area (Å²) >= 11 is 0. The van der Waals surface area contributed by atoms with Crippen LogP contribution in [0.15, 0.2) is 59.0 Å². The van der Waals surface area contributed by atoms with E-state index in [2.05, 4.69) is 56.2 Å². The number of methoxy groups -OCH3 is 1. The molecular weight excluding hydrogens is 484 g/mol. The van der Waals surface area contributed by atoms with E-state index in [1.165, 1.54) is 31.4 Å². The molecule has 0 N–H and O–H groups in total. The zero-order valence-electron chi connectivity index (χ0n) is 23.4. The lowest BCUT2D eigenvalue weighted by Gasteiger charge is -2.19. The second kappa shape index (κ2) is 15.9. The number of allylic oxidation sites excluding steroid dienone is 6. The number of nitrogens with zero attached hydrogens (tertiary/aromatic N) is 2. The molecule has 1 unspecified atom stereocenters. The van der Waals surface area contributed by atoms with Crippen molar-refractivity contribution in [2.45, 2.75) is 64.3 Å². The van der Waals surface area contributed by atoms with Crippen molar-refractivity contribution in [3.05, 3.63) is 59.7 Å². The number of fused-ring (bicyclic) bond motifs is 1. The first-order valence-corrected chi connectivity index (χ1v) is 15.2. The second-order valence-corrected chi connectivity index (χ2v) is 12.1. The fourth-order valence-electron chi connectivity index (χ4n) is 4.40. The van der Waals surface area contributed by atoms with E-state index in [4.69, 9.17) is 4.74 Å². The number of Topliss-reactive ketones (excluding diaryl/α,β-unsaturated/α-hetero) is 1. The Morgan fingerprint density at radius 1 is 1.22 bits per heavy atom. The summed E-state index contributed by atoms with van der Waals surface area (Å²) in [6.07, 6.45) is 16.6. The highest BCUT2D eigenvalue weighted by Gasteiger charge is 2.25. The first-order chi connectivity index (χ1) is 17.7. The third-order valence-corrected chi connectivity index (χ3v) is 8.85. The van der Waals surface area contributed by atoms with Gasteiger partial charge in [0, 0.05) is 26.1 Å². The van der Waals surface area contributed by atoms with Crippen molar-refractivity contribution < 1.29 is 17.9 Å². The molecule has 1 atom stereocenters. The third-order valence-electron chi connectivity index (χ3n) is 7.06. The number of ether oxygens (including phenoxy) is 1. The molecule has 6 nitrogen and oxygen atoms in total. The maximum atomic E-state index is 12.2. The van der Waals surface area contributed by atoms with Crippen LogP contribution in [0.3, 0.4) is 0 Å². The number of benzene rings is 1. The molecule has 0 saturated heterocycles. The van der Waals surface area contributed by atoms with Crippen molar-refractivity contribution in [3.8, 4) is 5.75 Å². The smallest absolute Gasteiger partial charge is 0.179 e. The molecule has 1 aliphatic heterocycles. The first-order valence-electron chi connectivity index (χ1n) is 13.5. The van der Waals surface area contributed by atoms with Crippen LogP contribution in [0.4, 0.5) is 0 Å². The minimum absolute atomic E-state index is 0.0875. The molecule has 37 heavy (non-hydrogen) atoms. The maximum absolute atomic E-state index is 12.2. The van der Waals surface area contributed by atoms with Crippen LogP contribution in [0, 0.1) is 5.92 Å². The fourth-order valence-corrected chi connectivity index (χ4v) is 5.92. The molecule has 0 fully saturated rings. The summed E-state index contributed by atoms with van der Waals surface area (Å²) in [5.74, 6) is 1.67. The van der Waals surface area contributed by atoms with Crippen LogP contribution in [0.5, 0.6) is 5.75 Å². The van der Waals surface area contributed by atoms with Crippen molar-refractivity contribution in [2.75, 3.05) is 46.1 Å². The molecule has 7 heteroatoms. The average Bonchev–Trinajstić information content (AvgIpc) is 3.22. The van der Waals surface area contributed by atoms with Gasteiger partial charge in [0.25, 0.3) is 0 Å². The van der Waals surface area contributed by atoms with Crippen molar-refractivity contribution in [1.82, 2.24) is 9.80 Å². The number of carbonyl (C=O) groups excluding carboxylic acids is 1. The second-order valence-electron chi connectivity index (χ2n) is 9.99. The van der Waals surface area contributed by atoms with Gasteiger partial charge in [0.05, 0.1) is 17.8 Å². The molecule has 0 spiro atoms. The Morgan fingerprint density at radius 2 is 2.00 bits per heavy atom. The Labute approximate surface area is 225 Å². The van der Waals surface area contributed by atoms with E-state index in [1.54, 1.807) is 32.2 Å². The molecule has 0 radical (unpaired) electrons. The van der Waals surface area contributed by atoms with Gasteiger partial charge in [0.15, 0.2) is 9.84 Å². The predicted molar refractivity (Wildman–Crippen MR) is 153 cm³/mol. The molecule has 0 bridgehead atoms.